The molecule has 5 nitrogen and oxygen atoms in total. The zero-order chi connectivity index (χ0) is 17.4. The van der Waals surface area contributed by atoms with Crippen molar-refractivity contribution in [1.82, 2.24) is 10.6 Å². The summed E-state index contributed by atoms with van der Waals surface area (Å²) in [5, 5.41) is 8.77. The van der Waals surface area contributed by atoms with Gasteiger partial charge in [0.05, 0.1) is 0 Å². The van der Waals surface area contributed by atoms with Gasteiger partial charge >= 0.3 is 0 Å². The Bertz CT molecular complexity index is 580. The lowest BCUT2D eigenvalue weighted by Crippen LogP contribution is -2.38. The van der Waals surface area contributed by atoms with Crippen molar-refractivity contribution >= 4 is 34.8 Å². The first kappa shape index (κ1) is 18.4. The largest absolute Gasteiger partial charge is 0.359 e. The number of anilines is 1. The topological polar surface area (TPSA) is 70.2 Å². The Kier molecular flexibility index (Phi) is 7.18. The Morgan fingerprint density at radius 3 is 2.42 bits per heavy atom. The number of hydrogen-bond acceptors (Lipinski definition) is 3. The molecule has 0 spiro atoms. The van der Waals surface area contributed by atoms with E-state index in [1.54, 1.807) is 7.05 Å². The number of nitrogens with one attached hydrogen (secondary N) is 3. The van der Waals surface area contributed by atoms with Gasteiger partial charge in [0.2, 0.25) is 11.8 Å². The van der Waals surface area contributed by atoms with Crippen molar-refractivity contribution in [2.45, 2.75) is 44.9 Å². The van der Waals surface area contributed by atoms with E-state index in [2.05, 4.69) is 16.0 Å². The van der Waals surface area contributed by atoms with Crippen molar-refractivity contribution in [3.63, 3.8) is 0 Å². The third kappa shape index (κ3) is 5.92. The quantitative estimate of drug-likeness (QED) is 0.716. The molecule has 130 valence electrons. The highest BCUT2D eigenvalue weighted by Crippen LogP contribution is 2.23. The van der Waals surface area contributed by atoms with Crippen molar-refractivity contribution in [3.8, 4) is 0 Å². The molecular weight excluding hydrogens is 322 g/mol. The maximum absolute atomic E-state index is 12.2. The molecule has 0 heterocycles. The molecule has 1 saturated carbocycles. The highest BCUT2D eigenvalue weighted by Gasteiger charge is 2.21. The lowest BCUT2D eigenvalue weighted by Gasteiger charge is -2.21. The van der Waals surface area contributed by atoms with Gasteiger partial charge in [-0.2, -0.15) is 0 Å². The fraction of sp³-hybridized carbons (Fsp3) is 0.500. The SMILES string of the molecule is CNC(=O)CCc1ccc(NC(=S)NC(=O)C2CCCCC2)cc1. The summed E-state index contributed by atoms with van der Waals surface area (Å²) in [4.78, 5) is 23.4. The van der Waals surface area contributed by atoms with Crippen molar-refractivity contribution in [2.75, 3.05) is 12.4 Å². The third-order valence-corrected chi connectivity index (χ3v) is 4.55. The molecule has 1 aliphatic rings. The normalized spacial score (nSPS) is 14.7. The zero-order valence-electron chi connectivity index (χ0n) is 14.1. The standard InChI is InChI=1S/C18H25N3O2S/c1-19-16(22)12-9-13-7-10-15(11-8-13)20-18(24)21-17(23)14-5-3-2-4-6-14/h7-8,10-11,14H,2-6,9,12H2,1H3,(H,19,22)(H2,20,21,23,24). The fourth-order valence-electron chi connectivity index (χ4n) is 2.88. The predicted molar refractivity (Wildman–Crippen MR) is 99.8 cm³/mol. The van der Waals surface area contributed by atoms with E-state index in [0.717, 1.165) is 36.9 Å². The summed E-state index contributed by atoms with van der Waals surface area (Å²) in [5.41, 5.74) is 1.91. The van der Waals surface area contributed by atoms with E-state index in [-0.39, 0.29) is 17.7 Å². The molecule has 0 aliphatic heterocycles. The van der Waals surface area contributed by atoms with Crippen LogP contribution in [0.25, 0.3) is 0 Å². The van der Waals surface area contributed by atoms with Crippen LogP contribution in [0, 0.1) is 5.92 Å². The molecule has 1 aromatic carbocycles. The van der Waals surface area contributed by atoms with Crippen LogP contribution in [0.15, 0.2) is 24.3 Å². The second kappa shape index (κ2) is 9.37. The molecule has 24 heavy (non-hydrogen) atoms. The van der Waals surface area contributed by atoms with E-state index in [1.165, 1.54) is 6.42 Å². The van der Waals surface area contributed by atoms with Crippen LogP contribution in [0.3, 0.4) is 0 Å². The Labute approximate surface area is 148 Å². The molecule has 6 heteroatoms. The molecular formula is C18H25N3O2S. The lowest BCUT2D eigenvalue weighted by atomic mass is 9.89. The van der Waals surface area contributed by atoms with Gasteiger partial charge in [-0.1, -0.05) is 31.4 Å². The molecule has 0 saturated heterocycles. The number of rotatable bonds is 5. The van der Waals surface area contributed by atoms with Crippen LogP contribution in [-0.4, -0.2) is 24.0 Å². The Balaban J connectivity index is 1.78. The fourth-order valence-corrected chi connectivity index (χ4v) is 3.10. The van der Waals surface area contributed by atoms with E-state index in [0.29, 0.717) is 18.0 Å². The van der Waals surface area contributed by atoms with Gasteiger partial charge in [0.15, 0.2) is 5.11 Å². The number of amides is 2. The van der Waals surface area contributed by atoms with Crippen molar-refractivity contribution < 1.29 is 9.59 Å². The zero-order valence-corrected chi connectivity index (χ0v) is 14.9. The Morgan fingerprint density at radius 1 is 1.12 bits per heavy atom. The van der Waals surface area contributed by atoms with E-state index in [4.69, 9.17) is 12.2 Å². The minimum absolute atomic E-state index is 0.0226. The minimum atomic E-state index is 0.0226. The number of thiocarbonyl (C=S) groups is 1. The first-order valence-corrected chi connectivity index (χ1v) is 8.90. The second-order valence-electron chi connectivity index (χ2n) is 6.15. The van der Waals surface area contributed by atoms with Gasteiger partial charge < -0.3 is 16.0 Å². The van der Waals surface area contributed by atoms with Crippen molar-refractivity contribution in [1.29, 1.82) is 0 Å². The molecule has 2 rings (SSSR count). The molecule has 0 atom stereocenters. The van der Waals surface area contributed by atoms with Crippen LogP contribution in [0.1, 0.15) is 44.1 Å². The summed E-state index contributed by atoms with van der Waals surface area (Å²) in [6, 6.07) is 7.71. The van der Waals surface area contributed by atoms with Crippen molar-refractivity contribution in [2.24, 2.45) is 5.92 Å². The van der Waals surface area contributed by atoms with Crippen LogP contribution >= 0.6 is 12.2 Å². The summed E-state index contributed by atoms with van der Waals surface area (Å²) < 4.78 is 0. The maximum Gasteiger partial charge on any atom is 0.229 e. The molecule has 0 unspecified atom stereocenters. The average molecular weight is 347 g/mol. The number of hydrogen-bond donors (Lipinski definition) is 3. The molecule has 3 N–H and O–H groups in total. The second-order valence-corrected chi connectivity index (χ2v) is 6.56. The van der Waals surface area contributed by atoms with E-state index in [9.17, 15) is 9.59 Å². The summed E-state index contributed by atoms with van der Waals surface area (Å²) in [5.74, 6) is 0.142. The first-order chi connectivity index (χ1) is 11.6. The van der Waals surface area contributed by atoms with Gasteiger partial charge in [0.1, 0.15) is 0 Å². The van der Waals surface area contributed by atoms with Crippen LogP contribution in [0.2, 0.25) is 0 Å². The van der Waals surface area contributed by atoms with Gasteiger partial charge in [-0.25, -0.2) is 0 Å². The number of aryl methyl sites for hydroxylation is 1. The molecule has 1 aliphatic carbocycles. The van der Waals surface area contributed by atoms with Crippen LogP contribution in [-0.2, 0) is 16.0 Å². The number of carbonyl (C=O) groups is 2. The van der Waals surface area contributed by atoms with E-state index >= 15 is 0 Å². The van der Waals surface area contributed by atoms with Crippen molar-refractivity contribution in [3.05, 3.63) is 29.8 Å². The first-order valence-electron chi connectivity index (χ1n) is 8.50. The van der Waals surface area contributed by atoms with Gasteiger partial charge in [-0.15, -0.1) is 0 Å². The monoisotopic (exact) mass is 347 g/mol. The average Bonchev–Trinajstić information content (AvgIpc) is 2.61. The van der Waals surface area contributed by atoms with Gasteiger partial charge in [-0.05, 0) is 49.2 Å². The smallest absolute Gasteiger partial charge is 0.229 e. The van der Waals surface area contributed by atoms with E-state index in [1.807, 2.05) is 24.3 Å². The highest BCUT2D eigenvalue weighted by atomic mass is 32.1. The molecule has 0 radical (unpaired) electrons. The molecule has 0 aromatic heterocycles. The van der Waals surface area contributed by atoms with Gasteiger partial charge in [-0.3, -0.25) is 9.59 Å². The summed E-state index contributed by atoms with van der Waals surface area (Å²) in [6.07, 6.45) is 6.54. The summed E-state index contributed by atoms with van der Waals surface area (Å²) in [7, 11) is 1.64. The van der Waals surface area contributed by atoms with Crippen LogP contribution in [0.5, 0.6) is 0 Å². The van der Waals surface area contributed by atoms with Crippen LogP contribution < -0.4 is 16.0 Å². The van der Waals surface area contributed by atoms with Gasteiger partial charge in [0, 0.05) is 25.1 Å². The van der Waals surface area contributed by atoms with Gasteiger partial charge in [0.25, 0.3) is 0 Å². The minimum Gasteiger partial charge on any atom is -0.359 e. The molecule has 2 amide bonds. The Hall–Kier alpha value is -1.95. The lowest BCUT2D eigenvalue weighted by molar-refractivity contribution is -0.124. The predicted octanol–water partition coefficient (Wildman–Crippen LogP) is 2.76. The summed E-state index contributed by atoms with van der Waals surface area (Å²) in [6.45, 7) is 0. The Morgan fingerprint density at radius 2 is 1.79 bits per heavy atom. The van der Waals surface area contributed by atoms with Crippen LogP contribution in [0.4, 0.5) is 5.69 Å². The molecule has 0 bridgehead atoms. The molecule has 1 fully saturated rings. The van der Waals surface area contributed by atoms with E-state index < -0.39 is 0 Å². The third-order valence-electron chi connectivity index (χ3n) is 4.34. The number of benzene rings is 1. The highest BCUT2D eigenvalue weighted by molar-refractivity contribution is 7.80. The summed E-state index contributed by atoms with van der Waals surface area (Å²) >= 11 is 5.22. The number of carbonyl (C=O) groups excluding carboxylic acids is 2. The molecule has 1 aromatic rings. The maximum atomic E-state index is 12.2.